The number of hydrogen-bond donors (Lipinski definition) is 2. The fourth-order valence-corrected chi connectivity index (χ4v) is 0.178. The van der Waals surface area contributed by atoms with Crippen LogP contribution in [0.1, 0.15) is 0 Å². The van der Waals surface area contributed by atoms with Gasteiger partial charge in [-0.05, 0) is 0 Å². The zero-order chi connectivity index (χ0) is 4.99. The molecule has 0 saturated carbocycles. The van der Waals surface area contributed by atoms with Crippen molar-refractivity contribution in [3.8, 4) is 0 Å². The summed E-state index contributed by atoms with van der Waals surface area (Å²) < 4.78 is 0.778. The molecule has 0 amide bonds. The second-order valence-electron chi connectivity index (χ2n) is 0.805. The van der Waals surface area contributed by atoms with Crippen molar-refractivity contribution in [1.82, 2.24) is 4.73 Å². The highest BCUT2D eigenvalue weighted by Crippen LogP contribution is 1.56. The molecule has 0 spiro atoms. The predicted octanol–water partition coefficient (Wildman–Crippen LogP) is -1.62. The van der Waals surface area contributed by atoms with Crippen LogP contribution in [0.25, 0.3) is 0 Å². The van der Waals surface area contributed by atoms with Crippen LogP contribution in [0.3, 0.4) is 0 Å². The first-order valence-electron chi connectivity index (χ1n) is 1.36. The van der Waals surface area contributed by atoms with Gasteiger partial charge in [-0.25, -0.2) is 0 Å². The molecule has 0 heterocycles. The number of hydroxylamine groups is 1. The zero-order valence-electron chi connectivity index (χ0n) is 3.37. The van der Waals surface area contributed by atoms with Crippen LogP contribution < -0.4 is 0 Å². The van der Waals surface area contributed by atoms with Gasteiger partial charge in [-0.15, -0.1) is 0 Å². The topological polar surface area (TPSA) is 56.1 Å². The molecule has 0 aromatic heterocycles. The molecular weight excluding hydrogens is 100 g/mol. The molecule has 0 aliphatic heterocycles. The van der Waals surface area contributed by atoms with Gasteiger partial charge in [0.05, 0.1) is 0 Å². The maximum Gasteiger partial charge on any atom is 0.146 e. The molecule has 0 rings (SSSR count). The second kappa shape index (κ2) is 2.67. The molecule has 0 aliphatic carbocycles. The predicted molar refractivity (Wildman–Crippen MR) is 23.8 cm³/mol. The monoisotopic (exact) mass is 106 g/mol. The minimum absolute atomic E-state index is 0.458. The van der Waals surface area contributed by atoms with Crippen LogP contribution in [0.4, 0.5) is 0 Å². The third-order valence-corrected chi connectivity index (χ3v) is 0.450. The van der Waals surface area contributed by atoms with Crippen LogP contribution >= 0.6 is 0 Å². The van der Waals surface area contributed by atoms with E-state index in [4.69, 9.17) is 10.4 Å². The number of nitrogens with zero attached hydrogens (tertiary/aromatic N) is 2. The Bertz CT molecular complexity index is 53.5. The quantitative estimate of drug-likeness (QED) is 0.139. The van der Waals surface area contributed by atoms with Gasteiger partial charge in [0.15, 0.2) is 0 Å². The van der Waals surface area contributed by atoms with Gasteiger partial charge in [0, 0.05) is 0 Å². The molecule has 0 atom stereocenters. The molecule has 6 heavy (non-hydrogen) atoms. The SMILES string of the molecule is ON=CN(O)[SiH3]. The van der Waals surface area contributed by atoms with E-state index < -0.39 is 0 Å². The lowest BCUT2D eigenvalue weighted by Gasteiger charge is -1.95. The van der Waals surface area contributed by atoms with Crippen LogP contribution in [-0.2, 0) is 0 Å². The minimum Gasteiger partial charge on any atom is -0.410 e. The first kappa shape index (κ1) is 5.45. The zero-order valence-corrected chi connectivity index (χ0v) is 5.37. The van der Waals surface area contributed by atoms with Gasteiger partial charge in [-0.2, -0.15) is 0 Å². The normalized spacial score (nSPS) is 10.2. The maximum absolute atomic E-state index is 8.14. The molecule has 2 N–H and O–H groups in total. The molecule has 0 aromatic rings. The van der Waals surface area contributed by atoms with Gasteiger partial charge >= 0.3 is 0 Å². The summed E-state index contributed by atoms with van der Waals surface area (Å²) in [5.74, 6) is 0. The smallest absolute Gasteiger partial charge is 0.146 e. The van der Waals surface area contributed by atoms with E-state index in [1.807, 2.05) is 0 Å². The summed E-state index contributed by atoms with van der Waals surface area (Å²) in [6.45, 7) is 0. The van der Waals surface area contributed by atoms with Crippen molar-refractivity contribution in [1.29, 1.82) is 0 Å². The van der Waals surface area contributed by atoms with Crippen LogP contribution in [0, 0.1) is 0 Å². The fraction of sp³-hybridized carbons (Fsp3) is 0. The third-order valence-electron chi connectivity index (χ3n) is 0.219. The summed E-state index contributed by atoms with van der Waals surface area (Å²) in [5, 5.41) is 18.3. The van der Waals surface area contributed by atoms with Gasteiger partial charge in [0.1, 0.15) is 16.7 Å². The van der Waals surface area contributed by atoms with Crippen molar-refractivity contribution >= 4 is 16.7 Å². The van der Waals surface area contributed by atoms with Gasteiger partial charge < -0.3 is 5.21 Å². The van der Waals surface area contributed by atoms with Gasteiger partial charge in [0.25, 0.3) is 0 Å². The van der Waals surface area contributed by atoms with Crippen molar-refractivity contribution in [2.75, 3.05) is 0 Å². The Morgan fingerprint density at radius 2 is 2.33 bits per heavy atom. The lowest BCUT2D eigenvalue weighted by molar-refractivity contribution is 0.0847. The van der Waals surface area contributed by atoms with E-state index in [0.717, 1.165) is 11.1 Å². The van der Waals surface area contributed by atoms with Gasteiger partial charge in [-0.1, -0.05) is 5.16 Å². The van der Waals surface area contributed by atoms with E-state index in [1.54, 1.807) is 0 Å². The van der Waals surface area contributed by atoms with Crippen molar-refractivity contribution in [2.45, 2.75) is 0 Å². The molecule has 0 radical (unpaired) electrons. The van der Waals surface area contributed by atoms with E-state index in [-0.39, 0.29) is 0 Å². The van der Waals surface area contributed by atoms with E-state index in [9.17, 15) is 0 Å². The fourth-order valence-electron chi connectivity index (χ4n) is 0.0747. The molecule has 4 nitrogen and oxygen atoms in total. The lowest BCUT2D eigenvalue weighted by Crippen LogP contribution is -2.10. The molecule has 0 aliphatic rings. The van der Waals surface area contributed by atoms with Gasteiger partial charge in [-0.3, -0.25) is 9.94 Å². The lowest BCUT2D eigenvalue weighted by atomic mass is 11.4. The molecule has 0 unspecified atom stereocenters. The Morgan fingerprint density at radius 1 is 1.83 bits per heavy atom. The van der Waals surface area contributed by atoms with Crippen molar-refractivity contribution in [2.24, 2.45) is 5.16 Å². The first-order chi connectivity index (χ1) is 2.77. The van der Waals surface area contributed by atoms with Crippen LogP contribution in [0.2, 0.25) is 0 Å². The number of oxime groups is 1. The van der Waals surface area contributed by atoms with E-state index in [0.29, 0.717) is 10.4 Å². The average molecular weight is 106 g/mol. The standard InChI is InChI=1S/CH6N2O2Si/c4-2-1-3(5)6/h1,4-5H,6H3. The highest BCUT2D eigenvalue weighted by Gasteiger charge is 1.71. The third kappa shape index (κ3) is 3.45. The first-order valence-corrected chi connectivity index (χ1v) is 2.26. The summed E-state index contributed by atoms with van der Waals surface area (Å²) in [6, 6.07) is 0. The minimum atomic E-state index is 0.458. The van der Waals surface area contributed by atoms with Crippen molar-refractivity contribution in [3.05, 3.63) is 0 Å². The molecular formula is CH6N2O2Si. The van der Waals surface area contributed by atoms with Gasteiger partial charge in [0.2, 0.25) is 0 Å². The van der Waals surface area contributed by atoms with Crippen LogP contribution in [0.5, 0.6) is 0 Å². The Morgan fingerprint density at radius 3 is 2.33 bits per heavy atom. The average Bonchev–Trinajstić information content (AvgIpc) is 1.35. The highest BCUT2D eigenvalue weighted by molar-refractivity contribution is 6.09. The Labute approximate surface area is 38.1 Å². The van der Waals surface area contributed by atoms with E-state index in [2.05, 4.69) is 5.16 Å². The van der Waals surface area contributed by atoms with E-state index >= 15 is 0 Å². The number of hydrogen-bond acceptors (Lipinski definition) is 3. The summed E-state index contributed by atoms with van der Waals surface area (Å²) in [5.41, 5.74) is 0. The van der Waals surface area contributed by atoms with Crippen molar-refractivity contribution < 1.29 is 10.4 Å². The van der Waals surface area contributed by atoms with Crippen LogP contribution in [0.15, 0.2) is 5.16 Å². The Hall–Kier alpha value is -0.553. The van der Waals surface area contributed by atoms with E-state index in [1.165, 1.54) is 0 Å². The number of rotatable bonds is 1. The molecule has 0 bridgehead atoms. The largest absolute Gasteiger partial charge is 0.410 e. The second-order valence-corrected chi connectivity index (χ2v) is 1.72. The molecule has 5 heteroatoms. The summed E-state index contributed by atoms with van der Waals surface area (Å²) in [7, 11) is 0.458. The Kier molecular flexibility index (Phi) is 2.43. The summed E-state index contributed by atoms with van der Waals surface area (Å²) >= 11 is 0. The molecule has 36 valence electrons. The molecule has 0 aromatic carbocycles. The van der Waals surface area contributed by atoms with Crippen LogP contribution in [-0.4, -0.2) is 31.9 Å². The molecule has 0 fully saturated rings. The maximum atomic E-state index is 8.14. The Balaban J connectivity index is 3.03. The summed E-state index contributed by atoms with van der Waals surface area (Å²) in [4.78, 5) is 0. The van der Waals surface area contributed by atoms with Crippen molar-refractivity contribution in [3.63, 3.8) is 0 Å². The summed E-state index contributed by atoms with van der Waals surface area (Å²) in [6.07, 6.45) is 0.923. The molecule has 0 saturated heterocycles. The highest BCUT2D eigenvalue weighted by atomic mass is 28.2.